The van der Waals surface area contributed by atoms with Gasteiger partial charge in [0.1, 0.15) is 0 Å². The molecule has 0 radical (unpaired) electrons. The largest absolute Gasteiger partial charge is 0.385 e. The molecule has 0 aromatic heterocycles. The third-order valence-electron chi connectivity index (χ3n) is 3.93. The van der Waals surface area contributed by atoms with Crippen molar-refractivity contribution in [3.8, 4) is 0 Å². The van der Waals surface area contributed by atoms with Crippen LogP contribution in [0.25, 0.3) is 0 Å². The number of nitrogens with one attached hydrogen (secondary N) is 1. The Kier molecular flexibility index (Phi) is 5.52. The minimum atomic E-state index is -3.52. The fourth-order valence-corrected chi connectivity index (χ4v) is 5.00. The summed E-state index contributed by atoms with van der Waals surface area (Å²) >= 11 is 6.72. The lowest BCUT2D eigenvalue weighted by Gasteiger charge is -2.16. The molecule has 0 spiro atoms. The van der Waals surface area contributed by atoms with Crippen LogP contribution in [0.3, 0.4) is 0 Å². The molecule has 4 nitrogen and oxygen atoms in total. The number of ether oxygens (including phenoxy) is 1. The Morgan fingerprint density at radius 1 is 1.29 bits per heavy atom. The van der Waals surface area contributed by atoms with Gasteiger partial charge >= 0.3 is 0 Å². The quantitative estimate of drug-likeness (QED) is 0.704. The maximum Gasteiger partial charge on any atom is 0.241 e. The zero-order valence-electron chi connectivity index (χ0n) is 12.1. The molecule has 0 atom stereocenters. The van der Waals surface area contributed by atoms with E-state index in [4.69, 9.17) is 4.74 Å². The monoisotopic (exact) mass is 439 g/mol. The lowest BCUT2D eigenvalue weighted by molar-refractivity contribution is 0.173. The molecule has 0 heterocycles. The molecule has 2 rings (SSSR count). The fourth-order valence-electron chi connectivity index (χ4n) is 2.17. The van der Waals surface area contributed by atoms with E-state index in [-0.39, 0.29) is 10.3 Å². The molecule has 0 aliphatic heterocycles. The first-order valence-electron chi connectivity index (χ1n) is 6.74. The molecule has 118 valence electrons. The summed E-state index contributed by atoms with van der Waals surface area (Å²) < 4.78 is 34.1. The van der Waals surface area contributed by atoms with E-state index in [1.807, 2.05) is 6.92 Å². The minimum absolute atomic E-state index is 0.0808. The molecule has 1 saturated carbocycles. The van der Waals surface area contributed by atoms with Crippen LogP contribution in [0.4, 0.5) is 0 Å². The van der Waals surface area contributed by atoms with Crippen LogP contribution in [0.1, 0.15) is 24.8 Å². The molecule has 1 aromatic carbocycles. The zero-order valence-corrected chi connectivity index (χ0v) is 16.1. The summed E-state index contributed by atoms with van der Waals surface area (Å²) in [5.74, 6) is 0. The smallest absolute Gasteiger partial charge is 0.241 e. The summed E-state index contributed by atoms with van der Waals surface area (Å²) in [5, 5.41) is 0. The van der Waals surface area contributed by atoms with Crippen LogP contribution in [0.15, 0.2) is 26.0 Å². The van der Waals surface area contributed by atoms with E-state index in [1.54, 1.807) is 19.2 Å². The van der Waals surface area contributed by atoms with Crippen molar-refractivity contribution in [3.63, 3.8) is 0 Å². The van der Waals surface area contributed by atoms with E-state index in [2.05, 4.69) is 36.6 Å². The predicted octanol–water partition coefficient (Wildman–Crippen LogP) is 3.62. The van der Waals surface area contributed by atoms with Gasteiger partial charge < -0.3 is 4.74 Å². The van der Waals surface area contributed by atoms with Gasteiger partial charge in [-0.15, -0.1) is 0 Å². The van der Waals surface area contributed by atoms with Crippen LogP contribution in [0, 0.1) is 12.3 Å². The molecule has 1 aliphatic carbocycles. The second-order valence-corrected chi connectivity index (χ2v) is 9.04. The van der Waals surface area contributed by atoms with Gasteiger partial charge in [0.15, 0.2) is 0 Å². The lowest BCUT2D eigenvalue weighted by atomic mass is 10.0. The highest BCUT2D eigenvalue weighted by Gasteiger charge is 2.42. The van der Waals surface area contributed by atoms with Crippen LogP contribution in [0.2, 0.25) is 0 Å². The molecule has 7 heteroatoms. The number of methoxy groups -OCH3 is 1. The van der Waals surface area contributed by atoms with Crippen LogP contribution < -0.4 is 4.72 Å². The van der Waals surface area contributed by atoms with E-state index in [0.717, 1.165) is 29.3 Å². The van der Waals surface area contributed by atoms with Gasteiger partial charge in [-0.1, -0.05) is 15.9 Å². The molecule has 1 aromatic rings. The van der Waals surface area contributed by atoms with Crippen molar-refractivity contribution in [2.24, 2.45) is 5.41 Å². The number of sulfonamides is 1. The average Bonchev–Trinajstić information content (AvgIpc) is 3.19. The Balaban J connectivity index is 2.11. The van der Waals surface area contributed by atoms with Gasteiger partial charge in [0, 0.05) is 29.2 Å². The number of hydrogen-bond acceptors (Lipinski definition) is 3. The molecular formula is C14H19Br2NO3S. The molecule has 0 unspecified atom stereocenters. The first-order valence-corrected chi connectivity index (χ1v) is 9.81. The Hall–Kier alpha value is 0.0500. The highest BCUT2D eigenvalue weighted by molar-refractivity contribution is 9.11. The van der Waals surface area contributed by atoms with Crippen molar-refractivity contribution in [2.45, 2.75) is 31.1 Å². The first kappa shape index (κ1) is 17.4. The second-order valence-electron chi connectivity index (χ2n) is 5.60. The van der Waals surface area contributed by atoms with Crippen molar-refractivity contribution in [2.75, 3.05) is 20.3 Å². The summed E-state index contributed by atoms with van der Waals surface area (Å²) in [6.07, 6.45) is 3.00. The SMILES string of the molecule is COCCC1(CNS(=O)(=O)c2cc(Br)c(C)cc2Br)CC1. The van der Waals surface area contributed by atoms with Crippen LogP contribution in [-0.2, 0) is 14.8 Å². The maximum absolute atomic E-state index is 12.5. The summed E-state index contributed by atoms with van der Waals surface area (Å²) in [6, 6.07) is 3.44. The summed E-state index contributed by atoms with van der Waals surface area (Å²) in [7, 11) is -1.85. The maximum atomic E-state index is 12.5. The summed E-state index contributed by atoms with van der Waals surface area (Å²) in [6.45, 7) is 3.06. The van der Waals surface area contributed by atoms with E-state index in [1.165, 1.54) is 0 Å². The topological polar surface area (TPSA) is 55.4 Å². The number of benzene rings is 1. The second kappa shape index (κ2) is 6.66. The van der Waals surface area contributed by atoms with Gasteiger partial charge in [-0.3, -0.25) is 0 Å². The Morgan fingerprint density at radius 3 is 2.52 bits per heavy atom. The molecular weight excluding hydrogens is 422 g/mol. The molecule has 1 N–H and O–H groups in total. The van der Waals surface area contributed by atoms with Crippen molar-refractivity contribution >= 4 is 41.9 Å². The van der Waals surface area contributed by atoms with Gasteiger partial charge in [-0.2, -0.15) is 0 Å². The van der Waals surface area contributed by atoms with Gasteiger partial charge in [0.05, 0.1) is 4.90 Å². The highest BCUT2D eigenvalue weighted by Crippen LogP contribution is 2.48. The molecule has 1 aliphatic rings. The summed E-state index contributed by atoms with van der Waals surface area (Å²) in [5.41, 5.74) is 1.07. The van der Waals surface area contributed by atoms with Crippen LogP contribution in [-0.4, -0.2) is 28.7 Å². The van der Waals surface area contributed by atoms with Gasteiger partial charge in [0.2, 0.25) is 10.0 Å². The molecule has 0 bridgehead atoms. The average molecular weight is 441 g/mol. The Labute approximate surface area is 143 Å². The Bertz CT molecular complexity index is 627. The summed E-state index contributed by atoms with van der Waals surface area (Å²) in [4.78, 5) is 0.266. The fraction of sp³-hybridized carbons (Fsp3) is 0.571. The van der Waals surface area contributed by atoms with Crippen molar-refractivity contribution in [1.29, 1.82) is 0 Å². The third-order valence-corrected chi connectivity index (χ3v) is 7.15. The zero-order chi connectivity index (χ0) is 15.7. The van der Waals surface area contributed by atoms with E-state index in [9.17, 15) is 8.42 Å². The van der Waals surface area contributed by atoms with Crippen molar-refractivity contribution in [1.82, 2.24) is 4.72 Å². The Morgan fingerprint density at radius 2 is 1.95 bits per heavy atom. The van der Waals surface area contributed by atoms with Crippen LogP contribution in [0.5, 0.6) is 0 Å². The highest BCUT2D eigenvalue weighted by atomic mass is 79.9. The van der Waals surface area contributed by atoms with Gasteiger partial charge in [-0.25, -0.2) is 13.1 Å². The van der Waals surface area contributed by atoms with Crippen molar-refractivity contribution < 1.29 is 13.2 Å². The molecule has 0 saturated heterocycles. The van der Waals surface area contributed by atoms with Crippen molar-refractivity contribution in [3.05, 3.63) is 26.6 Å². The lowest BCUT2D eigenvalue weighted by Crippen LogP contribution is -2.31. The standard InChI is InChI=1S/C14H19Br2NO3S/c1-10-7-12(16)13(8-11(10)15)21(18,19)17-9-14(3-4-14)5-6-20-2/h7-8,17H,3-6,9H2,1-2H3. The first-order chi connectivity index (χ1) is 9.80. The van der Waals surface area contributed by atoms with Gasteiger partial charge in [-0.05, 0) is 65.2 Å². The van der Waals surface area contributed by atoms with E-state index >= 15 is 0 Å². The minimum Gasteiger partial charge on any atom is -0.385 e. The number of hydrogen-bond donors (Lipinski definition) is 1. The van der Waals surface area contributed by atoms with E-state index in [0.29, 0.717) is 17.6 Å². The number of aryl methyl sites for hydroxylation is 1. The molecule has 21 heavy (non-hydrogen) atoms. The molecule has 0 amide bonds. The van der Waals surface area contributed by atoms with E-state index < -0.39 is 10.0 Å². The third kappa shape index (κ3) is 4.28. The normalized spacial score (nSPS) is 17.0. The van der Waals surface area contributed by atoms with Crippen LogP contribution >= 0.6 is 31.9 Å². The van der Waals surface area contributed by atoms with Gasteiger partial charge in [0.25, 0.3) is 0 Å². The predicted molar refractivity (Wildman–Crippen MR) is 89.9 cm³/mol. The molecule has 1 fully saturated rings. The number of rotatable bonds is 7. The number of halogens is 2.